The molecule has 2 aromatic rings. The third-order valence-corrected chi connectivity index (χ3v) is 5.74. The number of rotatable bonds is 6. The number of carbonyl (C=O) groups is 2. The molecule has 8 heteroatoms. The summed E-state index contributed by atoms with van der Waals surface area (Å²) in [6.07, 6.45) is 2.84. The topological polar surface area (TPSA) is 87.2 Å². The number of hydrogen-bond donors (Lipinski definition) is 2. The number of hydrogen-bond acceptors (Lipinski definition) is 6. The van der Waals surface area contributed by atoms with Gasteiger partial charge in [-0.25, -0.2) is 0 Å². The number of benzene rings is 1. The lowest BCUT2D eigenvalue weighted by Crippen LogP contribution is -2.52. The van der Waals surface area contributed by atoms with Gasteiger partial charge >= 0.3 is 0 Å². The molecule has 2 N–H and O–H groups in total. The van der Waals surface area contributed by atoms with Crippen molar-refractivity contribution in [2.45, 2.75) is 45.2 Å². The zero-order valence-corrected chi connectivity index (χ0v) is 16.3. The van der Waals surface area contributed by atoms with Crippen LogP contribution in [-0.4, -0.2) is 39.6 Å². The van der Waals surface area contributed by atoms with E-state index >= 15 is 0 Å². The van der Waals surface area contributed by atoms with Crippen LogP contribution in [0.1, 0.15) is 54.4 Å². The van der Waals surface area contributed by atoms with Crippen LogP contribution in [0, 0.1) is 5.92 Å². The SMILES string of the molecule is CC(C)CC1Nc2ccccc2C(=O)N1CC(=O)Nc1nnc(C2CC2)s1. The molecule has 1 aromatic heterocycles. The first-order chi connectivity index (χ1) is 13.0. The number of aromatic nitrogens is 2. The Hall–Kier alpha value is -2.48. The summed E-state index contributed by atoms with van der Waals surface area (Å²) in [6, 6.07) is 7.42. The molecule has 0 radical (unpaired) electrons. The number of carbonyl (C=O) groups excluding carboxylic acids is 2. The van der Waals surface area contributed by atoms with Crippen molar-refractivity contribution in [1.82, 2.24) is 15.1 Å². The van der Waals surface area contributed by atoms with Crippen molar-refractivity contribution in [2.24, 2.45) is 5.92 Å². The highest BCUT2D eigenvalue weighted by Crippen LogP contribution is 2.42. The summed E-state index contributed by atoms with van der Waals surface area (Å²) < 4.78 is 0. The van der Waals surface area contributed by atoms with Crippen molar-refractivity contribution in [3.05, 3.63) is 34.8 Å². The van der Waals surface area contributed by atoms with Gasteiger partial charge in [-0.05, 0) is 37.3 Å². The Morgan fingerprint density at radius 3 is 2.85 bits per heavy atom. The van der Waals surface area contributed by atoms with Gasteiger partial charge in [0.2, 0.25) is 11.0 Å². The fourth-order valence-electron chi connectivity index (χ4n) is 3.26. The molecule has 142 valence electrons. The molecule has 0 bridgehead atoms. The third kappa shape index (κ3) is 3.95. The molecule has 2 aliphatic rings. The first kappa shape index (κ1) is 17.9. The third-order valence-electron chi connectivity index (χ3n) is 4.74. The largest absolute Gasteiger partial charge is 0.364 e. The van der Waals surface area contributed by atoms with E-state index in [9.17, 15) is 9.59 Å². The van der Waals surface area contributed by atoms with Crippen LogP contribution in [0.5, 0.6) is 0 Å². The van der Waals surface area contributed by atoms with Gasteiger partial charge in [0.05, 0.1) is 5.56 Å². The Labute approximate surface area is 162 Å². The number of fused-ring (bicyclic) bond motifs is 1. The van der Waals surface area contributed by atoms with Gasteiger partial charge < -0.3 is 10.2 Å². The van der Waals surface area contributed by atoms with E-state index in [2.05, 4.69) is 34.7 Å². The number of para-hydroxylation sites is 1. The van der Waals surface area contributed by atoms with Crippen molar-refractivity contribution in [1.29, 1.82) is 0 Å². The van der Waals surface area contributed by atoms with Crippen LogP contribution in [0.4, 0.5) is 10.8 Å². The predicted octanol–water partition coefficient (Wildman–Crippen LogP) is 3.29. The highest BCUT2D eigenvalue weighted by Gasteiger charge is 2.33. The van der Waals surface area contributed by atoms with Crippen LogP contribution < -0.4 is 10.6 Å². The Morgan fingerprint density at radius 1 is 1.33 bits per heavy atom. The average molecular weight is 385 g/mol. The lowest BCUT2D eigenvalue weighted by Gasteiger charge is -2.38. The van der Waals surface area contributed by atoms with Crippen LogP contribution in [0.15, 0.2) is 24.3 Å². The Morgan fingerprint density at radius 2 is 2.11 bits per heavy atom. The summed E-state index contributed by atoms with van der Waals surface area (Å²) >= 11 is 1.42. The molecule has 0 spiro atoms. The summed E-state index contributed by atoms with van der Waals surface area (Å²) in [6.45, 7) is 4.19. The zero-order valence-electron chi connectivity index (χ0n) is 15.4. The fourth-order valence-corrected chi connectivity index (χ4v) is 4.19. The molecule has 0 saturated heterocycles. The smallest absolute Gasteiger partial charge is 0.258 e. The predicted molar refractivity (Wildman–Crippen MR) is 105 cm³/mol. The molecule has 4 rings (SSSR count). The molecule has 7 nitrogen and oxygen atoms in total. The minimum atomic E-state index is -0.253. The van der Waals surface area contributed by atoms with Gasteiger partial charge in [0, 0.05) is 11.6 Å². The van der Waals surface area contributed by atoms with Gasteiger partial charge in [0.25, 0.3) is 5.91 Å². The molecule has 1 atom stereocenters. The highest BCUT2D eigenvalue weighted by atomic mass is 32.1. The number of amides is 2. The molecule has 2 heterocycles. The van der Waals surface area contributed by atoms with Crippen molar-refractivity contribution >= 4 is 34.0 Å². The normalized spacial score (nSPS) is 19.0. The zero-order chi connectivity index (χ0) is 19.0. The van der Waals surface area contributed by atoms with E-state index in [1.165, 1.54) is 11.3 Å². The molecule has 1 unspecified atom stereocenters. The van der Waals surface area contributed by atoms with E-state index in [4.69, 9.17) is 0 Å². The molecule has 27 heavy (non-hydrogen) atoms. The van der Waals surface area contributed by atoms with Gasteiger partial charge in [-0.3, -0.25) is 14.9 Å². The summed E-state index contributed by atoms with van der Waals surface area (Å²) in [5.41, 5.74) is 1.42. The van der Waals surface area contributed by atoms with Crippen molar-refractivity contribution in [3.8, 4) is 0 Å². The number of nitrogens with one attached hydrogen (secondary N) is 2. The first-order valence-electron chi connectivity index (χ1n) is 9.31. The van der Waals surface area contributed by atoms with Crippen LogP contribution in [0.3, 0.4) is 0 Å². The summed E-state index contributed by atoms with van der Waals surface area (Å²) in [5.74, 6) is 0.515. The maximum absolute atomic E-state index is 13.0. The van der Waals surface area contributed by atoms with Crippen molar-refractivity contribution < 1.29 is 9.59 Å². The highest BCUT2D eigenvalue weighted by molar-refractivity contribution is 7.15. The van der Waals surface area contributed by atoms with Gasteiger partial charge in [0.15, 0.2) is 0 Å². The van der Waals surface area contributed by atoms with E-state index in [1.54, 1.807) is 11.0 Å². The minimum Gasteiger partial charge on any atom is -0.364 e. The quantitative estimate of drug-likeness (QED) is 0.797. The Bertz CT molecular complexity index is 861. The van der Waals surface area contributed by atoms with Gasteiger partial charge in [-0.2, -0.15) is 0 Å². The molecule has 1 fully saturated rings. The van der Waals surface area contributed by atoms with E-state index in [0.29, 0.717) is 22.5 Å². The van der Waals surface area contributed by atoms with Crippen LogP contribution in [-0.2, 0) is 4.79 Å². The summed E-state index contributed by atoms with van der Waals surface area (Å²) in [5, 5.41) is 15.9. The Balaban J connectivity index is 1.48. The van der Waals surface area contributed by atoms with E-state index in [0.717, 1.165) is 30.0 Å². The van der Waals surface area contributed by atoms with Crippen LogP contribution >= 0.6 is 11.3 Å². The van der Waals surface area contributed by atoms with Gasteiger partial charge in [-0.1, -0.05) is 37.3 Å². The maximum Gasteiger partial charge on any atom is 0.258 e. The van der Waals surface area contributed by atoms with Crippen LogP contribution in [0.25, 0.3) is 0 Å². The average Bonchev–Trinajstić information content (AvgIpc) is 3.38. The summed E-state index contributed by atoms with van der Waals surface area (Å²) in [7, 11) is 0. The van der Waals surface area contributed by atoms with E-state index < -0.39 is 0 Å². The molecular formula is C19H23N5O2S. The minimum absolute atomic E-state index is 0.0180. The fraction of sp³-hybridized carbons (Fsp3) is 0.474. The molecule has 1 aliphatic heterocycles. The van der Waals surface area contributed by atoms with E-state index in [-0.39, 0.29) is 24.5 Å². The summed E-state index contributed by atoms with van der Waals surface area (Å²) in [4.78, 5) is 27.2. The lowest BCUT2D eigenvalue weighted by atomic mass is 10.0. The molecule has 1 aliphatic carbocycles. The van der Waals surface area contributed by atoms with Crippen molar-refractivity contribution in [3.63, 3.8) is 0 Å². The molecule has 1 aromatic carbocycles. The standard InChI is InChI=1S/C19H23N5O2S/c1-11(2)9-15-20-14-6-4-3-5-13(14)18(26)24(15)10-16(25)21-19-23-22-17(27-19)12-7-8-12/h3-6,11-12,15,20H,7-10H2,1-2H3,(H,21,23,25). The van der Waals surface area contributed by atoms with Gasteiger partial charge in [-0.15, -0.1) is 10.2 Å². The van der Waals surface area contributed by atoms with Crippen molar-refractivity contribution in [2.75, 3.05) is 17.2 Å². The first-order valence-corrected chi connectivity index (χ1v) is 10.1. The van der Waals surface area contributed by atoms with Crippen LogP contribution in [0.2, 0.25) is 0 Å². The second-order valence-electron chi connectivity index (χ2n) is 7.54. The molecular weight excluding hydrogens is 362 g/mol. The second-order valence-corrected chi connectivity index (χ2v) is 8.55. The number of anilines is 2. The van der Waals surface area contributed by atoms with Gasteiger partial charge in [0.1, 0.15) is 17.7 Å². The molecule has 1 saturated carbocycles. The lowest BCUT2D eigenvalue weighted by molar-refractivity contribution is -0.117. The maximum atomic E-state index is 13.0. The second kappa shape index (κ2) is 7.26. The monoisotopic (exact) mass is 385 g/mol. The molecule has 2 amide bonds. The number of nitrogens with zero attached hydrogens (tertiary/aromatic N) is 3. The van der Waals surface area contributed by atoms with E-state index in [1.807, 2.05) is 18.2 Å². The Kier molecular flexibility index (Phi) is 4.82.